The van der Waals surface area contributed by atoms with Crippen molar-refractivity contribution in [1.82, 2.24) is 28.5 Å². The van der Waals surface area contributed by atoms with Crippen LogP contribution in [0.4, 0.5) is 0 Å². The normalized spacial score (nSPS) is 11.9. The summed E-state index contributed by atoms with van der Waals surface area (Å²) in [4.78, 5) is 15.6. The molecule has 6 heteroatoms. The molecule has 0 aliphatic carbocycles. The number of aromatic nitrogens is 6. The van der Waals surface area contributed by atoms with Crippen molar-refractivity contribution >= 4 is 49.8 Å². The molecule has 0 aliphatic heterocycles. The molecule has 0 amide bonds. The number of benzene rings is 5. The first-order chi connectivity index (χ1) is 20.4. The summed E-state index contributed by atoms with van der Waals surface area (Å²) in [7, 11) is 0. The third-order valence-corrected chi connectivity index (χ3v) is 7.86. The monoisotopic (exact) mass is 526 g/mol. The molecule has 5 aromatic carbocycles. The van der Waals surface area contributed by atoms with Crippen LogP contribution in [-0.2, 0) is 0 Å². The molecule has 9 rings (SSSR count). The van der Waals surface area contributed by atoms with E-state index in [4.69, 9.17) is 15.0 Å². The van der Waals surface area contributed by atoms with E-state index in [-0.39, 0.29) is 0 Å². The van der Waals surface area contributed by atoms with Crippen LogP contribution >= 0.6 is 0 Å². The number of para-hydroxylation sites is 5. The third-order valence-electron chi connectivity index (χ3n) is 7.86. The molecule has 0 spiro atoms. The zero-order valence-electron chi connectivity index (χ0n) is 21.9. The maximum absolute atomic E-state index is 5.31. The molecule has 4 aromatic heterocycles. The van der Waals surface area contributed by atoms with Gasteiger partial charge in [-0.2, -0.15) is 0 Å². The minimum atomic E-state index is 0.594. The molecule has 6 nitrogen and oxygen atoms in total. The molecular formula is C35H22N6. The number of hydrogen-bond acceptors (Lipinski definition) is 3. The third kappa shape index (κ3) is 3.10. The Labute approximate surface area is 234 Å². The Morgan fingerprint density at radius 3 is 1.90 bits per heavy atom. The predicted octanol–water partition coefficient (Wildman–Crippen LogP) is 7.99. The molecule has 192 valence electrons. The van der Waals surface area contributed by atoms with Gasteiger partial charge in [0.15, 0.2) is 5.65 Å². The van der Waals surface area contributed by atoms with E-state index in [0.717, 1.165) is 66.7 Å². The van der Waals surface area contributed by atoms with Crippen molar-refractivity contribution in [2.75, 3.05) is 0 Å². The van der Waals surface area contributed by atoms with Crippen LogP contribution < -0.4 is 0 Å². The van der Waals surface area contributed by atoms with Crippen LogP contribution in [0.1, 0.15) is 0 Å². The van der Waals surface area contributed by atoms with E-state index in [1.165, 1.54) is 0 Å². The summed E-state index contributed by atoms with van der Waals surface area (Å²) in [5.41, 5.74) is 9.06. The molecule has 0 radical (unpaired) electrons. The predicted molar refractivity (Wildman–Crippen MR) is 165 cm³/mol. The molecule has 0 N–H and O–H groups in total. The highest BCUT2D eigenvalue weighted by molar-refractivity contribution is 6.09. The Morgan fingerprint density at radius 1 is 0.463 bits per heavy atom. The van der Waals surface area contributed by atoms with Crippen molar-refractivity contribution in [3.05, 3.63) is 133 Å². The summed E-state index contributed by atoms with van der Waals surface area (Å²) in [6.07, 6.45) is 0. The molecule has 41 heavy (non-hydrogen) atoms. The molecule has 0 atom stereocenters. The number of nitrogens with zero attached hydrogens (tertiary/aromatic N) is 6. The van der Waals surface area contributed by atoms with Crippen molar-refractivity contribution in [2.45, 2.75) is 0 Å². The Hall–Kier alpha value is -5.75. The highest BCUT2D eigenvalue weighted by atomic mass is 15.3. The van der Waals surface area contributed by atoms with E-state index in [9.17, 15) is 0 Å². The number of hydrogen-bond donors (Lipinski definition) is 0. The van der Waals surface area contributed by atoms with Crippen LogP contribution in [0.5, 0.6) is 0 Å². The van der Waals surface area contributed by atoms with Crippen molar-refractivity contribution in [3.63, 3.8) is 0 Å². The molecule has 0 saturated heterocycles. The second-order valence-electron chi connectivity index (χ2n) is 10.2. The zero-order valence-corrected chi connectivity index (χ0v) is 21.9. The smallest absolute Gasteiger partial charge is 0.238 e. The lowest BCUT2D eigenvalue weighted by molar-refractivity contribution is 0.983. The van der Waals surface area contributed by atoms with Gasteiger partial charge in [-0.1, -0.05) is 97.1 Å². The van der Waals surface area contributed by atoms with Crippen molar-refractivity contribution < 1.29 is 0 Å². The Bertz CT molecular complexity index is 2410. The largest absolute Gasteiger partial charge is 0.294 e. The van der Waals surface area contributed by atoms with Gasteiger partial charge in [-0.15, -0.1) is 0 Å². The SMILES string of the molecule is c1ccc(-c2nc(-n3c4ccccc4n4c3nc3c5ccccc5n(-c5ccccc5)c34)nc3ccccc23)cc1. The number of rotatable bonds is 3. The van der Waals surface area contributed by atoms with Gasteiger partial charge in [0, 0.05) is 22.0 Å². The highest BCUT2D eigenvalue weighted by Gasteiger charge is 2.24. The fraction of sp³-hybridized carbons (Fsp3) is 0. The topological polar surface area (TPSA) is 52.9 Å². The first-order valence-electron chi connectivity index (χ1n) is 13.7. The van der Waals surface area contributed by atoms with E-state index >= 15 is 0 Å². The Kier molecular flexibility index (Phi) is 4.51. The van der Waals surface area contributed by atoms with Crippen LogP contribution in [-0.4, -0.2) is 28.5 Å². The van der Waals surface area contributed by atoms with Gasteiger partial charge < -0.3 is 0 Å². The lowest BCUT2D eigenvalue weighted by Gasteiger charge is -2.10. The minimum absolute atomic E-state index is 0.594. The summed E-state index contributed by atoms with van der Waals surface area (Å²) < 4.78 is 6.65. The highest BCUT2D eigenvalue weighted by Crippen LogP contribution is 2.36. The van der Waals surface area contributed by atoms with E-state index < -0.39 is 0 Å². The molecule has 0 fully saturated rings. The fourth-order valence-electron chi connectivity index (χ4n) is 6.11. The number of fused-ring (bicyclic) bond motifs is 8. The Balaban J connectivity index is 1.45. The van der Waals surface area contributed by atoms with Gasteiger partial charge >= 0.3 is 0 Å². The summed E-state index contributed by atoms with van der Waals surface area (Å²) in [6.45, 7) is 0. The van der Waals surface area contributed by atoms with Gasteiger partial charge in [0.25, 0.3) is 0 Å². The van der Waals surface area contributed by atoms with Gasteiger partial charge in [0.05, 0.1) is 27.8 Å². The summed E-state index contributed by atoms with van der Waals surface area (Å²) >= 11 is 0. The molecule has 0 aliphatic rings. The Morgan fingerprint density at radius 2 is 1.10 bits per heavy atom. The van der Waals surface area contributed by atoms with Crippen molar-refractivity contribution in [2.24, 2.45) is 0 Å². The summed E-state index contributed by atoms with van der Waals surface area (Å²) in [5.74, 6) is 1.37. The molecule has 0 bridgehead atoms. The molecule has 0 unspecified atom stereocenters. The van der Waals surface area contributed by atoms with Gasteiger partial charge in [-0.05, 0) is 36.4 Å². The van der Waals surface area contributed by atoms with Crippen molar-refractivity contribution in [3.8, 4) is 22.9 Å². The fourth-order valence-corrected chi connectivity index (χ4v) is 6.11. The van der Waals surface area contributed by atoms with Gasteiger partial charge in [-0.3, -0.25) is 8.97 Å². The summed E-state index contributed by atoms with van der Waals surface area (Å²) in [5, 5.41) is 2.13. The van der Waals surface area contributed by atoms with Crippen LogP contribution in [0.3, 0.4) is 0 Å². The van der Waals surface area contributed by atoms with Crippen LogP contribution in [0.2, 0.25) is 0 Å². The second kappa shape index (κ2) is 8.37. The maximum atomic E-state index is 5.31. The maximum Gasteiger partial charge on any atom is 0.238 e. The van der Waals surface area contributed by atoms with Crippen LogP contribution in [0.25, 0.3) is 72.7 Å². The first-order valence-corrected chi connectivity index (χ1v) is 13.7. The average molecular weight is 527 g/mol. The van der Waals surface area contributed by atoms with Crippen molar-refractivity contribution in [1.29, 1.82) is 0 Å². The van der Waals surface area contributed by atoms with E-state index in [0.29, 0.717) is 5.95 Å². The van der Waals surface area contributed by atoms with Gasteiger partial charge in [0.2, 0.25) is 11.7 Å². The molecule has 9 aromatic rings. The lowest BCUT2D eigenvalue weighted by Crippen LogP contribution is -2.04. The van der Waals surface area contributed by atoms with E-state index in [2.05, 4.69) is 111 Å². The second-order valence-corrected chi connectivity index (χ2v) is 10.2. The number of imidazole rings is 2. The van der Waals surface area contributed by atoms with Crippen LogP contribution in [0.15, 0.2) is 133 Å². The molecular weight excluding hydrogens is 504 g/mol. The first kappa shape index (κ1) is 22.1. The zero-order chi connectivity index (χ0) is 26.9. The molecule has 4 heterocycles. The standard InChI is InChI=1S/C35H22N6/c1-3-13-23(14-4-1)31-25-17-7-9-19-27(25)36-34(37-31)41-30-22-12-11-21-29(30)40-33-32(38-35(40)41)26-18-8-10-20-28(26)39(33)24-15-5-2-6-16-24/h1-22H. The quantitative estimate of drug-likeness (QED) is 0.234. The lowest BCUT2D eigenvalue weighted by atomic mass is 10.1. The molecule has 0 saturated carbocycles. The minimum Gasteiger partial charge on any atom is -0.294 e. The van der Waals surface area contributed by atoms with E-state index in [1.807, 2.05) is 36.4 Å². The van der Waals surface area contributed by atoms with Crippen LogP contribution in [0, 0.1) is 0 Å². The summed E-state index contributed by atoms with van der Waals surface area (Å²) in [6, 6.07) is 45.9. The van der Waals surface area contributed by atoms with E-state index in [1.54, 1.807) is 0 Å². The average Bonchev–Trinajstić information content (AvgIpc) is 3.67. The van der Waals surface area contributed by atoms with Gasteiger partial charge in [-0.25, -0.2) is 19.5 Å². The van der Waals surface area contributed by atoms with Gasteiger partial charge in [0.1, 0.15) is 5.52 Å².